The molecule has 0 radical (unpaired) electrons. The first-order chi connectivity index (χ1) is 10.6. The summed E-state index contributed by atoms with van der Waals surface area (Å²) < 4.78 is 0. The highest BCUT2D eigenvalue weighted by Crippen LogP contribution is 2.55. The second-order valence-electron chi connectivity index (χ2n) is 6.79. The highest BCUT2D eigenvalue weighted by Gasteiger charge is 2.54. The lowest BCUT2D eigenvalue weighted by Crippen LogP contribution is -2.49. The van der Waals surface area contributed by atoms with Crippen LogP contribution in [-0.2, 0) is 9.59 Å². The van der Waals surface area contributed by atoms with E-state index in [2.05, 4.69) is 5.32 Å². The second-order valence-corrected chi connectivity index (χ2v) is 6.79. The lowest BCUT2D eigenvalue weighted by Gasteiger charge is -2.41. The van der Waals surface area contributed by atoms with Crippen LogP contribution in [0.15, 0.2) is 24.3 Å². The van der Waals surface area contributed by atoms with Gasteiger partial charge in [0, 0.05) is 23.0 Å². The molecule has 0 saturated heterocycles. The van der Waals surface area contributed by atoms with Gasteiger partial charge in [-0.3, -0.25) is 4.79 Å². The molecular formula is C17H19NO5-2. The third kappa shape index (κ3) is 2.81. The molecule has 2 rings (SSSR count). The Hall–Kier alpha value is -2.37. The van der Waals surface area contributed by atoms with Crippen molar-refractivity contribution in [3.8, 4) is 0 Å². The van der Waals surface area contributed by atoms with Crippen LogP contribution < -0.4 is 15.5 Å². The lowest BCUT2D eigenvalue weighted by molar-refractivity contribution is -0.323. The molecule has 1 saturated carbocycles. The van der Waals surface area contributed by atoms with E-state index in [-0.39, 0.29) is 11.5 Å². The molecule has 6 nitrogen and oxygen atoms in total. The van der Waals surface area contributed by atoms with Gasteiger partial charge in [0.15, 0.2) is 0 Å². The number of carbonyl (C=O) groups is 3. The van der Waals surface area contributed by atoms with E-state index in [9.17, 15) is 24.6 Å². The van der Waals surface area contributed by atoms with Crippen molar-refractivity contribution in [1.29, 1.82) is 0 Å². The van der Waals surface area contributed by atoms with Crippen molar-refractivity contribution in [2.45, 2.75) is 33.6 Å². The Morgan fingerprint density at radius 3 is 2.35 bits per heavy atom. The van der Waals surface area contributed by atoms with Gasteiger partial charge in [-0.2, -0.15) is 0 Å². The van der Waals surface area contributed by atoms with Crippen LogP contribution >= 0.6 is 0 Å². The molecule has 1 aromatic rings. The van der Waals surface area contributed by atoms with E-state index < -0.39 is 28.7 Å². The normalized spacial score (nSPS) is 25.8. The van der Waals surface area contributed by atoms with Gasteiger partial charge in [-0.25, -0.2) is 0 Å². The molecule has 1 aliphatic rings. The first-order valence-electron chi connectivity index (χ1n) is 7.43. The molecule has 1 N–H and O–H groups in total. The Bertz CT molecular complexity index is 667. The molecule has 0 spiro atoms. The summed E-state index contributed by atoms with van der Waals surface area (Å²) in [6.45, 7) is 5.10. The summed E-state index contributed by atoms with van der Waals surface area (Å²) in [5.41, 5.74) is -1.55. The number of anilines is 1. The fourth-order valence-electron chi connectivity index (χ4n) is 3.28. The summed E-state index contributed by atoms with van der Waals surface area (Å²) in [6.07, 6.45) is 0.795. The summed E-state index contributed by atoms with van der Waals surface area (Å²) in [5, 5.41) is 25.0. The SMILES string of the molecule is CC1(C(=O)[O-])CCC(C(=O)Nc2cccc(C(=O)[O-])c2)C1(C)C. The topological polar surface area (TPSA) is 109 Å². The van der Waals surface area contributed by atoms with E-state index in [1.165, 1.54) is 18.2 Å². The van der Waals surface area contributed by atoms with Crippen LogP contribution in [0, 0.1) is 16.7 Å². The molecule has 2 unspecified atom stereocenters. The predicted octanol–water partition coefficient (Wildman–Crippen LogP) is 0.181. The van der Waals surface area contributed by atoms with E-state index in [1.54, 1.807) is 26.8 Å². The molecule has 0 aromatic heterocycles. The number of carbonyl (C=O) groups excluding carboxylic acids is 3. The first-order valence-corrected chi connectivity index (χ1v) is 7.43. The van der Waals surface area contributed by atoms with Gasteiger partial charge in [-0.1, -0.05) is 32.9 Å². The molecule has 1 amide bonds. The number of aliphatic carboxylic acids is 1. The number of carboxylic acids is 2. The van der Waals surface area contributed by atoms with Crippen LogP contribution in [-0.4, -0.2) is 17.8 Å². The Morgan fingerprint density at radius 2 is 1.83 bits per heavy atom. The van der Waals surface area contributed by atoms with Crippen LogP contribution in [0.1, 0.15) is 44.0 Å². The van der Waals surface area contributed by atoms with Crippen molar-refractivity contribution in [2.75, 3.05) is 5.32 Å². The van der Waals surface area contributed by atoms with E-state index in [4.69, 9.17) is 0 Å². The monoisotopic (exact) mass is 317 g/mol. The Balaban J connectivity index is 2.21. The Morgan fingerprint density at radius 1 is 1.17 bits per heavy atom. The van der Waals surface area contributed by atoms with Crippen molar-refractivity contribution < 1.29 is 24.6 Å². The van der Waals surface area contributed by atoms with E-state index >= 15 is 0 Å². The van der Waals surface area contributed by atoms with Gasteiger partial charge < -0.3 is 25.1 Å². The quantitative estimate of drug-likeness (QED) is 0.852. The highest BCUT2D eigenvalue weighted by molar-refractivity contribution is 5.95. The summed E-state index contributed by atoms with van der Waals surface area (Å²) in [4.78, 5) is 34.9. The maximum absolute atomic E-state index is 12.5. The van der Waals surface area contributed by atoms with Crippen LogP contribution in [0.2, 0.25) is 0 Å². The molecular weight excluding hydrogens is 298 g/mol. The maximum atomic E-state index is 12.5. The van der Waals surface area contributed by atoms with Crippen LogP contribution in [0.4, 0.5) is 5.69 Å². The molecule has 0 aliphatic heterocycles. The van der Waals surface area contributed by atoms with Crippen molar-refractivity contribution in [2.24, 2.45) is 16.7 Å². The smallest absolute Gasteiger partial charge is 0.228 e. The van der Waals surface area contributed by atoms with E-state index in [0.717, 1.165) is 0 Å². The maximum Gasteiger partial charge on any atom is 0.228 e. The number of hydrogen-bond acceptors (Lipinski definition) is 5. The number of amides is 1. The number of rotatable bonds is 4. The summed E-state index contributed by atoms with van der Waals surface area (Å²) in [5.74, 6) is -3.31. The van der Waals surface area contributed by atoms with E-state index in [1.807, 2.05) is 0 Å². The molecule has 0 heterocycles. The van der Waals surface area contributed by atoms with Gasteiger partial charge in [0.25, 0.3) is 0 Å². The Kier molecular flexibility index (Phi) is 4.20. The molecule has 2 atom stereocenters. The van der Waals surface area contributed by atoms with E-state index in [0.29, 0.717) is 18.5 Å². The molecule has 1 fully saturated rings. The zero-order chi connectivity index (χ0) is 17.4. The summed E-state index contributed by atoms with van der Waals surface area (Å²) >= 11 is 0. The number of nitrogens with one attached hydrogen (secondary N) is 1. The third-order valence-electron chi connectivity index (χ3n) is 5.36. The zero-order valence-corrected chi connectivity index (χ0v) is 13.3. The number of hydrogen-bond donors (Lipinski definition) is 1. The summed E-state index contributed by atoms with van der Waals surface area (Å²) in [6, 6.07) is 5.76. The second kappa shape index (κ2) is 5.68. The fraction of sp³-hybridized carbons (Fsp3) is 0.471. The molecule has 124 valence electrons. The minimum absolute atomic E-state index is 0.0342. The van der Waals surface area contributed by atoms with Crippen molar-refractivity contribution in [1.82, 2.24) is 0 Å². The number of carboxylic acid groups (broad SMARTS) is 2. The Labute approximate surface area is 134 Å². The molecule has 6 heteroatoms. The highest BCUT2D eigenvalue weighted by atomic mass is 16.4. The first kappa shape index (κ1) is 17.0. The van der Waals surface area contributed by atoms with Crippen molar-refractivity contribution in [3.05, 3.63) is 29.8 Å². The van der Waals surface area contributed by atoms with Gasteiger partial charge in [0.1, 0.15) is 0 Å². The number of aromatic carboxylic acids is 1. The average Bonchev–Trinajstić information content (AvgIpc) is 2.71. The average molecular weight is 317 g/mol. The third-order valence-corrected chi connectivity index (χ3v) is 5.36. The molecule has 0 bridgehead atoms. The molecule has 23 heavy (non-hydrogen) atoms. The van der Waals surface area contributed by atoms with Crippen LogP contribution in [0.25, 0.3) is 0 Å². The fourth-order valence-corrected chi connectivity index (χ4v) is 3.28. The van der Waals surface area contributed by atoms with Crippen LogP contribution in [0.3, 0.4) is 0 Å². The number of benzene rings is 1. The molecule has 1 aliphatic carbocycles. The lowest BCUT2D eigenvalue weighted by atomic mass is 9.65. The van der Waals surface area contributed by atoms with Gasteiger partial charge in [-0.15, -0.1) is 0 Å². The van der Waals surface area contributed by atoms with Gasteiger partial charge in [0.05, 0.1) is 5.97 Å². The van der Waals surface area contributed by atoms with Crippen molar-refractivity contribution >= 4 is 23.5 Å². The molecule has 1 aromatic carbocycles. The predicted molar refractivity (Wildman–Crippen MR) is 79.0 cm³/mol. The van der Waals surface area contributed by atoms with Gasteiger partial charge >= 0.3 is 0 Å². The summed E-state index contributed by atoms with van der Waals surface area (Å²) in [7, 11) is 0. The van der Waals surface area contributed by atoms with Gasteiger partial charge in [-0.05, 0) is 36.0 Å². The zero-order valence-electron chi connectivity index (χ0n) is 13.3. The minimum atomic E-state index is -1.33. The largest absolute Gasteiger partial charge is 0.550 e. The van der Waals surface area contributed by atoms with Gasteiger partial charge in [0.2, 0.25) is 5.91 Å². The minimum Gasteiger partial charge on any atom is -0.550 e. The standard InChI is InChI=1S/C17H21NO5/c1-16(2)12(7-8-17(16,3)15(22)23)13(19)18-11-6-4-5-10(9-11)14(20)21/h4-6,9,12H,7-8H2,1-3H3,(H,18,19)(H,20,21)(H,22,23)/p-2. The van der Waals surface area contributed by atoms with Crippen molar-refractivity contribution in [3.63, 3.8) is 0 Å². The van der Waals surface area contributed by atoms with Crippen LogP contribution in [0.5, 0.6) is 0 Å².